The number of nitrogens with zero attached hydrogens (tertiary/aromatic N) is 3. The van der Waals surface area contributed by atoms with Gasteiger partial charge in [-0.1, -0.05) is 49.4 Å². The minimum atomic E-state index is -0.164. The van der Waals surface area contributed by atoms with E-state index in [0.29, 0.717) is 6.54 Å². The van der Waals surface area contributed by atoms with E-state index >= 15 is 0 Å². The standard InChI is InChI=1S/C21H25N3O2/c1-4-16(2)23(14-17-10-6-5-7-11-17)20(25)15-24-19-13-9-8-12-18(19)22(3)21(24)26/h5-13,16H,4,14-15H2,1-3H3. The van der Waals surface area contributed by atoms with Crippen molar-refractivity contribution in [1.29, 1.82) is 0 Å². The molecule has 0 saturated carbocycles. The molecule has 136 valence electrons. The normalized spacial score (nSPS) is 12.3. The number of amides is 1. The number of hydrogen-bond acceptors (Lipinski definition) is 2. The van der Waals surface area contributed by atoms with E-state index in [1.54, 1.807) is 16.2 Å². The van der Waals surface area contributed by atoms with E-state index in [9.17, 15) is 9.59 Å². The molecule has 0 aliphatic heterocycles. The van der Waals surface area contributed by atoms with Gasteiger partial charge in [-0.2, -0.15) is 0 Å². The molecule has 0 radical (unpaired) electrons. The molecule has 2 aromatic carbocycles. The fraction of sp³-hybridized carbons (Fsp3) is 0.333. The summed E-state index contributed by atoms with van der Waals surface area (Å²) in [6, 6.07) is 17.6. The molecule has 5 heteroatoms. The van der Waals surface area contributed by atoms with E-state index in [1.165, 1.54) is 0 Å². The number of rotatable bonds is 6. The topological polar surface area (TPSA) is 47.2 Å². The third kappa shape index (κ3) is 3.43. The fourth-order valence-corrected chi connectivity index (χ4v) is 3.23. The van der Waals surface area contributed by atoms with Crippen LogP contribution in [0.5, 0.6) is 0 Å². The lowest BCUT2D eigenvalue weighted by Gasteiger charge is -2.29. The van der Waals surface area contributed by atoms with Gasteiger partial charge < -0.3 is 4.90 Å². The van der Waals surface area contributed by atoms with Gasteiger partial charge in [0, 0.05) is 19.6 Å². The monoisotopic (exact) mass is 351 g/mol. The highest BCUT2D eigenvalue weighted by Crippen LogP contribution is 2.15. The molecular weight excluding hydrogens is 326 g/mol. The minimum absolute atomic E-state index is 0.0401. The summed E-state index contributed by atoms with van der Waals surface area (Å²) in [7, 11) is 1.74. The van der Waals surface area contributed by atoms with Crippen LogP contribution in [0.3, 0.4) is 0 Å². The molecule has 1 unspecified atom stereocenters. The van der Waals surface area contributed by atoms with E-state index in [2.05, 4.69) is 6.92 Å². The molecule has 0 fully saturated rings. The molecule has 3 aromatic rings. The molecular formula is C21H25N3O2. The van der Waals surface area contributed by atoms with Gasteiger partial charge in [-0.05, 0) is 31.0 Å². The maximum absolute atomic E-state index is 13.1. The second-order valence-electron chi connectivity index (χ2n) is 6.68. The molecule has 0 N–H and O–H groups in total. The number of carbonyl (C=O) groups is 1. The molecule has 0 saturated heterocycles. The second-order valence-corrected chi connectivity index (χ2v) is 6.68. The zero-order valence-electron chi connectivity index (χ0n) is 15.6. The van der Waals surface area contributed by atoms with Crippen molar-refractivity contribution in [3.8, 4) is 0 Å². The Morgan fingerprint density at radius 3 is 2.31 bits per heavy atom. The summed E-state index contributed by atoms with van der Waals surface area (Å²) in [6.45, 7) is 4.72. The molecule has 3 rings (SSSR count). The van der Waals surface area contributed by atoms with Crippen molar-refractivity contribution in [1.82, 2.24) is 14.0 Å². The zero-order valence-corrected chi connectivity index (χ0v) is 15.6. The Balaban J connectivity index is 1.91. The zero-order chi connectivity index (χ0) is 18.7. The average molecular weight is 351 g/mol. The third-order valence-electron chi connectivity index (χ3n) is 4.98. The summed E-state index contributed by atoms with van der Waals surface area (Å²) in [5, 5.41) is 0. The summed E-state index contributed by atoms with van der Waals surface area (Å²) in [6.07, 6.45) is 0.864. The second kappa shape index (κ2) is 7.60. The van der Waals surface area contributed by atoms with Crippen LogP contribution in [0.25, 0.3) is 11.0 Å². The third-order valence-corrected chi connectivity index (χ3v) is 4.98. The number of fused-ring (bicyclic) bond motifs is 1. The largest absolute Gasteiger partial charge is 0.334 e. The number of benzene rings is 2. The van der Waals surface area contributed by atoms with Crippen LogP contribution in [-0.4, -0.2) is 26.0 Å². The van der Waals surface area contributed by atoms with Crippen LogP contribution in [0.4, 0.5) is 0 Å². The van der Waals surface area contributed by atoms with Gasteiger partial charge in [0.2, 0.25) is 5.91 Å². The SMILES string of the molecule is CCC(C)N(Cc1ccccc1)C(=O)Cn1c(=O)n(C)c2ccccc21. The van der Waals surface area contributed by atoms with Crippen LogP contribution in [-0.2, 0) is 24.9 Å². The number of carbonyl (C=O) groups excluding carboxylic acids is 1. The minimum Gasteiger partial charge on any atom is -0.334 e. The van der Waals surface area contributed by atoms with Crippen molar-refractivity contribution in [2.45, 2.75) is 39.4 Å². The summed E-state index contributed by atoms with van der Waals surface area (Å²) < 4.78 is 3.16. The van der Waals surface area contributed by atoms with Crippen molar-refractivity contribution >= 4 is 16.9 Å². The highest BCUT2D eigenvalue weighted by Gasteiger charge is 2.22. The number of aromatic nitrogens is 2. The Bertz CT molecular complexity index is 956. The van der Waals surface area contributed by atoms with Crippen LogP contribution in [0.1, 0.15) is 25.8 Å². The fourth-order valence-electron chi connectivity index (χ4n) is 3.23. The van der Waals surface area contributed by atoms with Crippen LogP contribution < -0.4 is 5.69 Å². The van der Waals surface area contributed by atoms with Gasteiger partial charge in [-0.25, -0.2) is 4.79 Å². The van der Waals surface area contributed by atoms with Gasteiger partial charge in [0.25, 0.3) is 0 Å². The number of para-hydroxylation sites is 2. The van der Waals surface area contributed by atoms with E-state index in [4.69, 9.17) is 0 Å². The Morgan fingerprint density at radius 1 is 1.04 bits per heavy atom. The maximum Gasteiger partial charge on any atom is 0.329 e. The molecule has 0 spiro atoms. The van der Waals surface area contributed by atoms with Crippen LogP contribution in [0.15, 0.2) is 59.4 Å². The lowest BCUT2D eigenvalue weighted by Crippen LogP contribution is -2.41. The smallest absolute Gasteiger partial charge is 0.329 e. The molecule has 0 bridgehead atoms. The summed E-state index contributed by atoms with van der Waals surface area (Å²) in [5.74, 6) is -0.0401. The van der Waals surface area contributed by atoms with E-state index in [0.717, 1.165) is 23.0 Å². The first-order valence-electron chi connectivity index (χ1n) is 9.00. The Hall–Kier alpha value is -2.82. The first-order chi connectivity index (χ1) is 12.5. The van der Waals surface area contributed by atoms with Gasteiger partial charge in [-0.3, -0.25) is 13.9 Å². The van der Waals surface area contributed by atoms with Crippen LogP contribution in [0, 0.1) is 0 Å². The Labute approximate surface area is 153 Å². The van der Waals surface area contributed by atoms with Gasteiger partial charge in [-0.15, -0.1) is 0 Å². The number of imidazole rings is 1. The molecule has 1 atom stereocenters. The number of aryl methyl sites for hydroxylation is 1. The highest BCUT2D eigenvalue weighted by molar-refractivity contribution is 5.81. The quantitative estimate of drug-likeness (QED) is 0.685. The van der Waals surface area contributed by atoms with Crippen LogP contribution in [0.2, 0.25) is 0 Å². The molecule has 5 nitrogen and oxygen atoms in total. The predicted molar refractivity (Wildman–Crippen MR) is 104 cm³/mol. The number of hydrogen-bond donors (Lipinski definition) is 0. The Morgan fingerprint density at radius 2 is 1.65 bits per heavy atom. The van der Waals surface area contributed by atoms with E-state index in [1.807, 2.05) is 66.4 Å². The van der Waals surface area contributed by atoms with E-state index < -0.39 is 0 Å². The lowest BCUT2D eigenvalue weighted by atomic mass is 10.1. The van der Waals surface area contributed by atoms with Gasteiger partial charge in [0.1, 0.15) is 6.54 Å². The van der Waals surface area contributed by atoms with Crippen molar-refractivity contribution in [2.75, 3.05) is 0 Å². The molecule has 1 heterocycles. The van der Waals surface area contributed by atoms with Gasteiger partial charge >= 0.3 is 5.69 Å². The average Bonchev–Trinajstić information content (AvgIpc) is 2.91. The first kappa shape index (κ1) is 18.0. The summed E-state index contributed by atoms with van der Waals surface area (Å²) >= 11 is 0. The van der Waals surface area contributed by atoms with Crippen LogP contribution >= 0.6 is 0 Å². The van der Waals surface area contributed by atoms with Crippen molar-refractivity contribution in [2.24, 2.45) is 7.05 Å². The lowest BCUT2D eigenvalue weighted by molar-refractivity contribution is -0.134. The van der Waals surface area contributed by atoms with Crippen molar-refractivity contribution < 1.29 is 4.79 Å². The maximum atomic E-state index is 13.1. The molecule has 0 aliphatic rings. The predicted octanol–water partition coefficient (Wildman–Crippen LogP) is 3.17. The molecule has 1 amide bonds. The highest BCUT2D eigenvalue weighted by atomic mass is 16.2. The Kier molecular flexibility index (Phi) is 5.26. The van der Waals surface area contributed by atoms with E-state index in [-0.39, 0.29) is 24.2 Å². The molecule has 0 aliphatic carbocycles. The molecule has 26 heavy (non-hydrogen) atoms. The van der Waals surface area contributed by atoms with Gasteiger partial charge in [0.05, 0.1) is 11.0 Å². The summed E-state index contributed by atoms with van der Waals surface area (Å²) in [5.41, 5.74) is 2.55. The first-order valence-corrected chi connectivity index (χ1v) is 9.00. The van der Waals surface area contributed by atoms with Gasteiger partial charge in [0.15, 0.2) is 0 Å². The van der Waals surface area contributed by atoms with Crippen molar-refractivity contribution in [3.05, 3.63) is 70.6 Å². The van der Waals surface area contributed by atoms with Crippen molar-refractivity contribution in [3.63, 3.8) is 0 Å². The summed E-state index contributed by atoms with van der Waals surface area (Å²) in [4.78, 5) is 27.5. The molecule has 1 aromatic heterocycles.